The van der Waals surface area contributed by atoms with E-state index in [1.54, 1.807) is 0 Å². The van der Waals surface area contributed by atoms with Crippen molar-refractivity contribution in [3.63, 3.8) is 0 Å². The quantitative estimate of drug-likeness (QED) is 0.0321. The summed E-state index contributed by atoms with van der Waals surface area (Å²) >= 11 is 0. The minimum absolute atomic E-state index is 0.257. The van der Waals surface area contributed by atoms with Gasteiger partial charge in [0.1, 0.15) is 24.7 Å². The highest BCUT2D eigenvalue weighted by atomic mass is 16.5. The maximum Gasteiger partial charge on any atom is 0.319 e. The summed E-state index contributed by atoms with van der Waals surface area (Å²) in [5.74, 6) is 6.94. The van der Waals surface area contributed by atoms with Crippen molar-refractivity contribution in [3.8, 4) is 34.5 Å². The number of ether oxygens (including phenoxy) is 6. The summed E-state index contributed by atoms with van der Waals surface area (Å²) in [7, 11) is 0. The van der Waals surface area contributed by atoms with Gasteiger partial charge in [0.05, 0.1) is 26.4 Å². The third kappa shape index (κ3) is 49.4. The number of amides is 4. The molecule has 4 atom stereocenters. The number of carbonyl (C=O) groups excluding carboxylic acids is 2. The number of anilines is 2. The second-order valence-electron chi connectivity index (χ2n) is 32.3. The molecule has 4 unspecified atom stereocenters. The van der Waals surface area contributed by atoms with Crippen molar-refractivity contribution in [1.29, 1.82) is 0 Å². The van der Waals surface area contributed by atoms with E-state index in [4.69, 9.17) is 28.4 Å². The molecule has 12 heteroatoms. The van der Waals surface area contributed by atoms with Crippen LogP contribution in [0.1, 0.15) is 394 Å². The molecule has 109 heavy (non-hydrogen) atoms. The van der Waals surface area contributed by atoms with Crippen molar-refractivity contribution >= 4 is 23.4 Å². The largest absolute Gasteiger partial charge is 0.489 e. The highest BCUT2D eigenvalue weighted by molar-refractivity contribution is 5.89. The van der Waals surface area contributed by atoms with Crippen molar-refractivity contribution in [3.05, 3.63) is 96.1 Å². The van der Waals surface area contributed by atoms with Crippen molar-refractivity contribution in [1.82, 2.24) is 10.6 Å². The van der Waals surface area contributed by atoms with Crippen molar-refractivity contribution in [2.75, 3.05) is 50.2 Å². The van der Waals surface area contributed by atoms with Gasteiger partial charge in [0.25, 0.3) is 0 Å². The molecular weight excluding hydrogens is 1350 g/mol. The third-order valence-electron chi connectivity index (χ3n) is 22.1. The van der Waals surface area contributed by atoms with E-state index in [0.29, 0.717) is 74.6 Å². The molecule has 4 aromatic rings. The Kier molecular flexibility index (Phi) is 58.6. The fourth-order valence-electron chi connectivity index (χ4n) is 14.9. The van der Waals surface area contributed by atoms with Crippen LogP contribution in [0, 0.1) is 23.7 Å². The molecule has 0 aliphatic heterocycles. The Morgan fingerprint density at radius 1 is 0.257 bits per heavy atom. The molecule has 0 saturated heterocycles. The molecule has 0 spiro atoms. The number of hydrogen-bond acceptors (Lipinski definition) is 8. The summed E-state index contributed by atoms with van der Waals surface area (Å²) in [6.07, 6.45) is 64.1. The fraction of sp³-hybridized carbons (Fsp3) is 0.732. The first-order valence-electron chi connectivity index (χ1n) is 46.0. The Balaban J connectivity index is 1.26. The van der Waals surface area contributed by atoms with Gasteiger partial charge >= 0.3 is 12.1 Å². The van der Waals surface area contributed by atoms with Crippen molar-refractivity contribution in [2.24, 2.45) is 23.7 Å². The molecule has 0 bridgehead atoms. The predicted octanol–water partition coefficient (Wildman–Crippen LogP) is 29.8. The summed E-state index contributed by atoms with van der Waals surface area (Å²) < 4.78 is 40.1. The van der Waals surface area contributed by atoms with Crippen LogP contribution in [0.4, 0.5) is 21.0 Å². The van der Waals surface area contributed by atoms with Gasteiger partial charge < -0.3 is 49.7 Å². The molecule has 0 aliphatic rings. The summed E-state index contributed by atoms with van der Waals surface area (Å²) in [5, 5.41) is 11.9. The Morgan fingerprint density at radius 3 is 0.752 bits per heavy atom. The molecule has 0 saturated carbocycles. The molecule has 0 heterocycles. The van der Waals surface area contributed by atoms with Gasteiger partial charge in [-0.1, -0.05) is 324 Å². The van der Waals surface area contributed by atoms with Gasteiger partial charge in [0, 0.05) is 24.5 Å². The maximum absolute atomic E-state index is 13.0. The number of unbranched alkanes of at least 4 members (excludes halogenated alkanes) is 34. The zero-order valence-corrected chi connectivity index (χ0v) is 71.4. The van der Waals surface area contributed by atoms with E-state index in [1.807, 2.05) is 48.5 Å². The minimum atomic E-state index is -0.257. The second kappa shape index (κ2) is 66.8. The molecule has 4 rings (SSSR count). The molecule has 0 radical (unpaired) electrons. The van der Waals surface area contributed by atoms with Crippen LogP contribution in [0.25, 0.3) is 0 Å². The van der Waals surface area contributed by atoms with Gasteiger partial charge in [-0.3, -0.25) is 0 Å². The smallest absolute Gasteiger partial charge is 0.319 e. The van der Waals surface area contributed by atoms with Crippen LogP contribution in [0.2, 0.25) is 0 Å². The van der Waals surface area contributed by atoms with E-state index in [9.17, 15) is 9.59 Å². The second-order valence-corrected chi connectivity index (χ2v) is 32.3. The maximum atomic E-state index is 13.0. The lowest BCUT2D eigenvalue weighted by Gasteiger charge is -2.22. The molecule has 4 amide bonds. The fourth-order valence-corrected chi connectivity index (χ4v) is 14.9. The van der Waals surface area contributed by atoms with Crippen LogP contribution in [-0.2, 0) is 13.2 Å². The normalized spacial score (nSPS) is 12.5. The van der Waals surface area contributed by atoms with Crippen molar-refractivity contribution < 1.29 is 38.0 Å². The minimum Gasteiger partial charge on any atom is -0.489 e. The first-order valence-corrected chi connectivity index (χ1v) is 46.0. The highest BCUT2D eigenvalue weighted by Gasteiger charge is 2.20. The molecule has 0 aromatic heterocycles. The van der Waals surface area contributed by atoms with Crippen LogP contribution >= 0.6 is 0 Å². The summed E-state index contributed by atoms with van der Waals surface area (Å²) in [6, 6.07) is 27.4. The van der Waals surface area contributed by atoms with Crippen LogP contribution in [0.15, 0.2) is 84.9 Å². The summed E-state index contributed by atoms with van der Waals surface area (Å²) in [4.78, 5) is 26.0. The van der Waals surface area contributed by atoms with Crippen LogP contribution < -0.4 is 49.7 Å². The van der Waals surface area contributed by atoms with Crippen LogP contribution in [0.5, 0.6) is 34.5 Å². The molecule has 12 nitrogen and oxygen atoms in total. The molecule has 4 aromatic carbocycles. The number of hydrogen-bond donors (Lipinski definition) is 4. The van der Waals surface area contributed by atoms with Crippen LogP contribution in [0.3, 0.4) is 0 Å². The van der Waals surface area contributed by atoms with E-state index >= 15 is 0 Å². The van der Waals surface area contributed by atoms with E-state index in [1.165, 1.54) is 308 Å². The topological polar surface area (TPSA) is 138 Å². The third-order valence-corrected chi connectivity index (χ3v) is 22.1. The van der Waals surface area contributed by atoms with Gasteiger partial charge in [0.2, 0.25) is 0 Å². The lowest BCUT2D eigenvalue weighted by molar-refractivity contribution is 0.191. The van der Waals surface area contributed by atoms with Gasteiger partial charge in [0.15, 0.2) is 23.0 Å². The lowest BCUT2D eigenvalue weighted by atomic mass is 9.95. The van der Waals surface area contributed by atoms with E-state index in [2.05, 4.69) is 113 Å². The van der Waals surface area contributed by atoms with Crippen LogP contribution in [-0.4, -0.2) is 51.6 Å². The molecular formula is C97H164N4O8. The Bertz CT molecular complexity index is 2570. The number of benzene rings is 4. The SMILES string of the molecule is CCCCCCCCC(CCCCCC)COc1ccc(COc2ccc(NC(=O)NCCCCCNC(=O)Nc3ccc(OCc4ccc(OCC(CCCCCC)CCCCCCCC)c(OCC(CCCCCC)CCCCCCCC)c4)cc3)cc2)cc1OCC(CCCCCC)CCCCCCCC. The Labute approximate surface area is 668 Å². The van der Waals surface area contributed by atoms with Gasteiger partial charge in [-0.2, -0.15) is 0 Å². The monoisotopic (exact) mass is 1510 g/mol. The van der Waals surface area contributed by atoms with Gasteiger partial charge in [-0.15, -0.1) is 0 Å². The highest BCUT2D eigenvalue weighted by Crippen LogP contribution is 2.35. The summed E-state index contributed by atoms with van der Waals surface area (Å²) in [6.45, 7) is 23.0. The number of carbonyl (C=O) groups is 2. The summed E-state index contributed by atoms with van der Waals surface area (Å²) in [5.41, 5.74) is 3.44. The Morgan fingerprint density at radius 2 is 0.486 bits per heavy atom. The molecule has 0 fully saturated rings. The first-order chi connectivity index (χ1) is 53.6. The standard InChI is InChI=1S/C97H164N4O8/c1-9-17-25-33-37-46-56-82(52-42-29-21-13-5)76-106-92-70-60-86(74-94(92)108-78-84(54-44-31-23-15-7)58-48-39-35-27-19-11-3)80-104-90-66-62-88(63-67-90)100-96(102)98-72-50-41-51-73-99-97(103)101-89-64-68-91(69-65-89)105-81-87-61-71-93(107-77-83(53-43-30-22-14-6)57-47-38-34-26-18-10-2)95(75-87)109-79-85(55-45-32-24-16-8)59-49-40-36-28-20-12-4/h60-71,74-75,82-85H,9-59,72-73,76-81H2,1-8H3,(H2,98,100,102)(H2,99,101,103). The number of nitrogens with one attached hydrogen (secondary N) is 4. The van der Waals surface area contributed by atoms with Crippen molar-refractivity contribution in [2.45, 2.75) is 396 Å². The van der Waals surface area contributed by atoms with E-state index in [0.717, 1.165) is 78.1 Å². The molecule has 0 aliphatic carbocycles. The Hall–Kier alpha value is -5.78. The zero-order valence-electron chi connectivity index (χ0n) is 71.4. The van der Waals surface area contributed by atoms with Gasteiger partial charge in [-0.25, -0.2) is 9.59 Å². The average Bonchev–Trinajstić information content (AvgIpc) is 0.855. The lowest BCUT2D eigenvalue weighted by Crippen LogP contribution is -2.30. The van der Waals surface area contributed by atoms with E-state index in [-0.39, 0.29) is 12.1 Å². The van der Waals surface area contributed by atoms with Gasteiger partial charge in [-0.05, 0) is 178 Å². The average molecular weight is 1510 g/mol. The molecule has 4 N–H and O–H groups in total. The first kappa shape index (κ1) is 95.6. The molecule has 620 valence electrons. The predicted molar refractivity (Wildman–Crippen MR) is 465 cm³/mol. The zero-order chi connectivity index (χ0) is 77.9. The number of rotatable bonds is 74. The van der Waals surface area contributed by atoms with E-state index < -0.39 is 0 Å². The number of urea groups is 2.